The van der Waals surface area contributed by atoms with E-state index in [-0.39, 0.29) is 0 Å². The van der Waals surface area contributed by atoms with Crippen LogP contribution >= 0.6 is 0 Å². The maximum absolute atomic E-state index is 4.30. The van der Waals surface area contributed by atoms with Crippen molar-refractivity contribution >= 4 is 0 Å². The normalized spacial score (nSPS) is 17.9. The van der Waals surface area contributed by atoms with Gasteiger partial charge in [0.05, 0.1) is 0 Å². The van der Waals surface area contributed by atoms with E-state index >= 15 is 0 Å². The second kappa shape index (κ2) is 5.26. The molecule has 0 saturated heterocycles. The van der Waals surface area contributed by atoms with E-state index in [1.54, 1.807) is 0 Å². The number of rotatable bonds is 3. The third-order valence-corrected chi connectivity index (χ3v) is 3.30. The highest BCUT2D eigenvalue weighted by Gasteiger charge is 2.12. The van der Waals surface area contributed by atoms with Crippen molar-refractivity contribution in [2.45, 2.75) is 51.6 Å². The Labute approximate surface area is 92.1 Å². The highest BCUT2D eigenvalue weighted by Crippen LogP contribution is 2.17. The lowest BCUT2D eigenvalue weighted by atomic mass is 9.95. The molecule has 0 bridgehead atoms. The molecule has 0 aliphatic heterocycles. The molecule has 1 saturated carbocycles. The van der Waals surface area contributed by atoms with Gasteiger partial charge in [0, 0.05) is 24.5 Å². The molecule has 1 aliphatic carbocycles. The van der Waals surface area contributed by atoms with Gasteiger partial charge in [-0.2, -0.15) is 0 Å². The van der Waals surface area contributed by atoms with Gasteiger partial charge in [-0.3, -0.25) is 4.98 Å². The van der Waals surface area contributed by atoms with Gasteiger partial charge >= 0.3 is 0 Å². The van der Waals surface area contributed by atoms with Crippen LogP contribution in [0.25, 0.3) is 0 Å². The Morgan fingerprint density at radius 3 is 2.87 bits per heavy atom. The first-order valence-corrected chi connectivity index (χ1v) is 6.00. The lowest BCUT2D eigenvalue weighted by molar-refractivity contribution is 0.372. The Morgan fingerprint density at radius 1 is 1.33 bits per heavy atom. The monoisotopic (exact) mass is 204 g/mol. The van der Waals surface area contributed by atoms with E-state index in [1.807, 2.05) is 12.3 Å². The minimum Gasteiger partial charge on any atom is -0.310 e. The number of pyridine rings is 1. The summed E-state index contributed by atoms with van der Waals surface area (Å²) in [7, 11) is 0. The van der Waals surface area contributed by atoms with Crippen LogP contribution in [0.3, 0.4) is 0 Å². The molecule has 82 valence electrons. The van der Waals surface area contributed by atoms with Crippen molar-refractivity contribution in [3.63, 3.8) is 0 Å². The zero-order valence-corrected chi connectivity index (χ0v) is 9.50. The summed E-state index contributed by atoms with van der Waals surface area (Å²) in [5, 5.41) is 3.64. The Morgan fingerprint density at radius 2 is 2.13 bits per heavy atom. The third kappa shape index (κ3) is 3.03. The van der Waals surface area contributed by atoms with E-state index in [0.29, 0.717) is 0 Å². The van der Waals surface area contributed by atoms with Gasteiger partial charge in [-0.1, -0.05) is 25.3 Å². The number of nitrogens with one attached hydrogen (secondary N) is 1. The van der Waals surface area contributed by atoms with Crippen LogP contribution in [-0.4, -0.2) is 11.0 Å². The van der Waals surface area contributed by atoms with Gasteiger partial charge in [0.25, 0.3) is 0 Å². The Hall–Kier alpha value is -0.890. The van der Waals surface area contributed by atoms with E-state index in [9.17, 15) is 0 Å². The molecule has 1 aromatic rings. The molecule has 2 rings (SSSR count). The van der Waals surface area contributed by atoms with Crippen molar-refractivity contribution in [2.75, 3.05) is 0 Å². The Bertz CT molecular complexity index is 303. The van der Waals surface area contributed by atoms with Crippen molar-refractivity contribution in [1.82, 2.24) is 10.3 Å². The van der Waals surface area contributed by atoms with Crippen LogP contribution in [-0.2, 0) is 6.54 Å². The van der Waals surface area contributed by atoms with E-state index in [0.717, 1.165) is 18.3 Å². The highest BCUT2D eigenvalue weighted by molar-refractivity contribution is 5.17. The van der Waals surface area contributed by atoms with E-state index in [4.69, 9.17) is 0 Å². The number of hydrogen-bond donors (Lipinski definition) is 1. The van der Waals surface area contributed by atoms with E-state index in [1.165, 1.54) is 37.7 Å². The first kappa shape index (κ1) is 10.6. The lowest BCUT2D eigenvalue weighted by Crippen LogP contribution is -2.30. The van der Waals surface area contributed by atoms with Gasteiger partial charge in [-0.05, 0) is 31.4 Å². The minimum atomic E-state index is 0.735. The number of hydrogen-bond acceptors (Lipinski definition) is 2. The number of nitrogens with zero attached hydrogens (tertiary/aromatic N) is 1. The van der Waals surface area contributed by atoms with Crippen LogP contribution < -0.4 is 5.32 Å². The highest BCUT2D eigenvalue weighted by atomic mass is 14.9. The van der Waals surface area contributed by atoms with Crippen LogP contribution in [0.1, 0.15) is 43.4 Å². The molecule has 1 aliphatic rings. The fourth-order valence-corrected chi connectivity index (χ4v) is 2.27. The second-order valence-corrected chi connectivity index (χ2v) is 4.46. The lowest BCUT2D eigenvalue weighted by Gasteiger charge is -2.23. The summed E-state index contributed by atoms with van der Waals surface area (Å²) in [6.07, 6.45) is 8.76. The van der Waals surface area contributed by atoms with Crippen molar-refractivity contribution in [3.8, 4) is 0 Å². The molecule has 0 unspecified atom stereocenters. The summed E-state index contributed by atoms with van der Waals surface area (Å²) in [5.41, 5.74) is 2.49. The molecular weight excluding hydrogens is 184 g/mol. The van der Waals surface area contributed by atoms with Crippen molar-refractivity contribution in [1.29, 1.82) is 0 Å². The van der Waals surface area contributed by atoms with Gasteiger partial charge in [-0.25, -0.2) is 0 Å². The molecule has 0 atom stereocenters. The van der Waals surface area contributed by atoms with Gasteiger partial charge in [0.15, 0.2) is 0 Å². The zero-order valence-electron chi connectivity index (χ0n) is 9.50. The molecule has 0 amide bonds. The molecule has 2 nitrogen and oxygen atoms in total. The van der Waals surface area contributed by atoms with Gasteiger partial charge in [0.1, 0.15) is 0 Å². The smallest absolute Gasteiger partial charge is 0.0417 e. The van der Waals surface area contributed by atoms with Crippen LogP contribution in [0.4, 0.5) is 0 Å². The number of aromatic nitrogens is 1. The van der Waals surface area contributed by atoms with Crippen molar-refractivity contribution in [2.24, 2.45) is 0 Å². The molecule has 2 heteroatoms. The maximum Gasteiger partial charge on any atom is 0.0417 e. The molecular formula is C13H20N2. The van der Waals surface area contributed by atoms with Crippen LogP contribution in [0.15, 0.2) is 18.3 Å². The predicted molar refractivity (Wildman–Crippen MR) is 62.7 cm³/mol. The van der Waals surface area contributed by atoms with Crippen molar-refractivity contribution < 1.29 is 0 Å². The summed E-state index contributed by atoms with van der Waals surface area (Å²) in [6.45, 7) is 3.06. The van der Waals surface area contributed by atoms with Gasteiger partial charge in [0.2, 0.25) is 0 Å². The standard InChI is InChI=1S/C13H20N2/c1-11-12(6-5-9-14-11)10-15-13-7-3-2-4-8-13/h5-6,9,13,15H,2-4,7-8,10H2,1H3. The third-order valence-electron chi connectivity index (χ3n) is 3.30. The molecule has 0 radical (unpaired) electrons. The Balaban J connectivity index is 1.84. The first-order chi connectivity index (χ1) is 7.36. The topological polar surface area (TPSA) is 24.9 Å². The summed E-state index contributed by atoms with van der Waals surface area (Å²) < 4.78 is 0. The molecule has 1 fully saturated rings. The summed E-state index contributed by atoms with van der Waals surface area (Å²) in [5.74, 6) is 0. The fourth-order valence-electron chi connectivity index (χ4n) is 2.27. The largest absolute Gasteiger partial charge is 0.310 e. The van der Waals surface area contributed by atoms with Gasteiger partial charge < -0.3 is 5.32 Å². The SMILES string of the molecule is Cc1ncccc1CNC1CCCCC1. The molecule has 1 N–H and O–H groups in total. The molecule has 0 spiro atoms. The minimum absolute atomic E-state index is 0.735. The molecule has 0 aromatic carbocycles. The van der Waals surface area contributed by atoms with Gasteiger partial charge in [-0.15, -0.1) is 0 Å². The van der Waals surface area contributed by atoms with E-state index < -0.39 is 0 Å². The Kier molecular flexibility index (Phi) is 3.73. The zero-order chi connectivity index (χ0) is 10.5. The quantitative estimate of drug-likeness (QED) is 0.819. The van der Waals surface area contributed by atoms with Crippen LogP contribution in [0.5, 0.6) is 0 Å². The summed E-state index contributed by atoms with van der Waals surface area (Å²) in [6, 6.07) is 4.92. The molecule has 1 aromatic heterocycles. The first-order valence-electron chi connectivity index (χ1n) is 6.00. The average Bonchev–Trinajstić information content (AvgIpc) is 2.29. The predicted octanol–water partition coefficient (Wildman–Crippen LogP) is 2.81. The summed E-state index contributed by atoms with van der Waals surface area (Å²) >= 11 is 0. The molecule has 15 heavy (non-hydrogen) atoms. The summed E-state index contributed by atoms with van der Waals surface area (Å²) in [4.78, 5) is 4.30. The molecule has 1 heterocycles. The maximum atomic E-state index is 4.30. The van der Waals surface area contributed by atoms with Crippen LogP contribution in [0, 0.1) is 6.92 Å². The van der Waals surface area contributed by atoms with Crippen LogP contribution in [0.2, 0.25) is 0 Å². The second-order valence-electron chi connectivity index (χ2n) is 4.46. The van der Waals surface area contributed by atoms with Crippen molar-refractivity contribution in [3.05, 3.63) is 29.6 Å². The van der Waals surface area contributed by atoms with E-state index in [2.05, 4.69) is 23.3 Å². The number of aryl methyl sites for hydroxylation is 1. The average molecular weight is 204 g/mol. The fraction of sp³-hybridized carbons (Fsp3) is 0.615.